The molecule has 0 aromatic carbocycles. The lowest BCUT2D eigenvalue weighted by atomic mass is 10.5. The number of amides is 3. The number of hydrogen-bond donors (Lipinski definition) is 2. The van der Waals surface area contributed by atoms with E-state index in [0.29, 0.717) is 4.57 Å². The molecule has 1 heterocycles. The molecule has 0 saturated carbocycles. The number of hydrogen-bond acceptors (Lipinski definition) is 4. The maximum absolute atomic E-state index is 11.4. The van der Waals surface area contributed by atoms with E-state index in [-0.39, 0.29) is 0 Å². The highest BCUT2D eigenvalue weighted by Crippen LogP contribution is 1.76. The van der Waals surface area contributed by atoms with Crippen molar-refractivity contribution in [3.05, 3.63) is 33.1 Å². The first-order valence-electron chi connectivity index (χ1n) is 4.27. The first-order chi connectivity index (χ1) is 7.41. The molecule has 0 spiro atoms. The Bertz CT molecular complexity index is 542. The number of nitrogens with two attached hydrogens (primary N) is 1. The van der Waals surface area contributed by atoms with Gasteiger partial charge >= 0.3 is 11.7 Å². The molecular weight excluding hydrogens is 216 g/mol. The van der Waals surface area contributed by atoms with Gasteiger partial charge in [0.15, 0.2) is 0 Å². The SMILES string of the molecule is Cn1ccc(=O)n(CC(=O)NC(N)=O)c1=O. The second kappa shape index (κ2) is 4.43. The molecule has 0 aliphatic heterocycles. The van der Waals surface area contributed by atoms with E-state index < -0.39 is 29.7 Å². The van der Waals surface area contributed by atoms with Crippen molar-refractivity contribution >= 4 is 11.9 Å². The Morgan fingerprint density at radius 2 is 2.06 bits per heavy atom. The van der Waals surface area contributed by atoms with Crippen LogP contribution >= 0.6 is 0 Å². The molecule has 3 N–H and O–H groups in total. The van der Waals surface area contributed by atoms with E-state index in [1.807, 2.05) is 0 Å². The van der Waals surface area contributed by atoms with Gasteiger partial charge in [-0.2, -0.15) is 0 Å². The lowest BCUT2D eigenvalue weighted by Gasteiger charge is -2.05. The summed E-state index contributed by atoms with van der Waals surface area (Å²) in [5.74, 6) is -0.821. The number of urea groups is 1. The Kier molecular flexibility index (Phi) is 3.24. The molecule has 0 fully saturated rings. The summed E-state index contributed by atoms with van der Waals surface area (Å²) < 4.78 is 1.83. The summed E-state index contributed by atoms with van der Waals surface area (Å²) >= 11 is 0. The standard InChI is InChI=1S/C8H10N4O4/c1-11-3-2-6(14)12(8(11)16)4-5(13)10-7(9)15/h2-3H,4H2,1H3,(H3,9,10,13,15). The molecule has 0 saturated heterocycles. The van der Waals surface area contributed by atoms with Crippen LogP contribution in [0.1, 0.15) is 0 Å². The Balaban J connectivity index is 3.02. The van der Waals surface area contributed by atoms with Crippen LogP contribution in [-0.4, -0.2) is 21.1 Å². The van der Waals surface area contributed by atoms with Crippen LogP contribution in [0.5, 0.6) is 0 Å². The monoisotopic (exact) mass is 226 g/mol. The molecule has 0 atom stereocenters. The van der Waals surface area contributed by atoms with Gasteiger partial charge in [0.05, 0.1) is 0 Å². The minimum atomic E-state index is -1.04. The molecule has 8 nitrogen and oxygen atoms in total. The van der Waals surface area contributed by atoms with Gasteiger partial charge < -0.3 is 10.3 Å². The summed E-state index contributed by atoms with van der Waals surface area (Å²) in [5, 5.41) is 1.76. The van der Waals surface area contributed by atoms with Gasteiger partial charge in [0.25, 0.3) is 5.56 Å². The molecule has 0 aliphatic rings. The largest absolute Gasteiger partial charge is 0.351 e. The fraction of sp³-hybridized carbons (Fsp3) is 0.250. The molecule has 0 radical (unpaired) electrons. The van der Waals surface area contributed by atoms with Gasteiger partial charge in [-0.3, -0.25) is 19.5 Å². The number of rotatable bonds is 2. The second-order valence-corrected chi connectivity index (χ2v) is 3.05. The minimum absolute atomic E-state index is 0.546. The molecule has 1 aromatic rings. The van der Waals surface area contributed by atoms with Crippen molar-refractivity contribution in [3.63, 3.8) is 0 Å². The molecule has 0 aliphatic carbocycles. The second-order valence-electron chi connectivity index (χ2n) is 3.05. The highest BCUT2D eigenvalue weighted by atomic mass is 16.2. The zero-order valence-corrected chi connectivity index (χ0v) is 8.47. The van der Waals surface area contributed by atoms with E-state index >= 15 is 0 Å². The van der Waals surface area contributed by atoms with E-state index in [9.17, 15) is 19.2 Å². The minimum Gasteiger partial charge on any atom is -0.351 e. The predicted molar refractivity (Wildman–Crippen MR) is 53.7 cm³/mol. The van der Waals surface area contributed by atoms with Gasteiger partial charge in [-0.05, 0) is 0 Å². The van der Waals surface area contributed by atoms with Gasteiger partial charge in [-0.1, -0.05) is 0 Å². The fourth-order valence-electron chi connectivity index (χ4n) is 1.08. The molecule has 86 valence electrons. The van der Waals surface area contributed by atoms with Crippen LogP contribution in [0.15, 0.2) is 21.9 Å². The summed E-state index contributed by atoms with van der Waals surface area (Å²) in [6.45, 7) is -0.546. The Morgan fingerprint density at radius 3 is 2.62 bits per heavy atom. The van der Waals surface area contributed by atoms with E-state index in [0.717, 1.165) is 10.6 Å². The van der Waals surface area contributed by atoms with Crippen LogP contribution in [0.4, 0.5) is 4.79 Å². The van der Waals surface area contributed by atoms with Crippen molar-refractivity contribution in [2.45, 2.75) is 6.54 Å². The lowest BCUT2D eigenvalue weighted by molar-refractivity contribution is -0.120. The van der Waals surface area contributed by atoms with E-state index in [1.54, 1.807) is 5.32 Å². The van der Waals surface area contributed by atoms with Gasteiger partial charge in [0, 0.05) is 19.3 Å². The third kappa shape index (κ3) is 2.56. The number of aryl methyl sites for hydroxylation is 1. The van der Waals surface area contributed by atoms with E-state index in [4.69, 9.17) is 5.73 Å². The van der Waals surface area contributed by atoms with Crippen LogP contribution in [0.2, 0.25) is 0 Å². The van der Waals surface area contributed by atoms with Gasteiger partial charge in [-0.15, -0.1) is 0 Å². The quantitative estimate of drug-likeness (QED) is 0.592. The molecular formula is C8H10N4O4. The molecule has 0 unspecified atom stereocenters. The highest BCUT2D eigenvalue weighted by Gasteiger charge is 2.09. The average molecular weight is 226 g/mol. The Labute approximate surface area is 89.3 Å². The summed E-state index contributed by atoms with van der Waals surface area (Å²) in [6.07, 6.45) is 1.28. The molecule has 8 heteroatoms. The van der Waals surface area contributed by atoms with E-state index in [1.165, 1.54) is 13.2 Å². The topological polar surface area (TPSA) is 116 Å². The van der Waals surface area contributed by atoms with Gasteiger partial charge in [0.1, 0.15) is 6.54 Å². The Morgan fingerprint density at radius 1 is 1.44 bits per heavy atom. The Hall–Kier alpha value is -2.38. The number of carbonyl (C=O) groups is 2. The molecule has 1 aromatic heterocycles. The van der Waals surface area contributed by atoms with Crippen molar-refractivity contribution in [1.29, 1.82) is 0 Å². The number of carbonyl (C=O) groups excluding carboxylic acids is 2. The third-order valence-electron chi connectivity index (χ3n) is 1.80. The highest BCUT2D eigenvalue weighted by molar-refractivity contribution is 5.93. The summed E-state index contributed by atoms with van der Waals surface area (Å²) in [4.78, 5) is 44.2. The van der Waals surface area contributed by atoms with Crippen molar-refractivity contribution < 1.29 is 9.59 Å². The summed E-state index contributed by atoms with van der Waals surface area (Å²) in [7, 11) is 1.43. The van der Waals surface area contributed by atoms with Gasteiger partial charge in [-0.25, -0.2) is 9.59 Å². The summed E-state index contributed by atoms with van der Waals surface area (Å²) in [5.41, 5.74) is 3.44. The van der Waals surface area contributed by atoms with Crippen LogP contribution in [-0.2, 0) is 18.4 Å². The van der Waals surface area contributed by atoms with Crippen LogP contribution in [0.25, 0.3) is 0 Å². The summed E-state index contributed by atoms with van der Waals surface area (Å²) in [6, 6.07) is 0.102. The van der Waals surface area contributed by atoms with Crippen molar-refractivity contribution in [2.75, 3.05) is 0 Å². The first-order valence-corrected chi connectivity index (χ1v) is 4.27. The zero-order chi connectivity index (χ0) is 12.3. The normalized spacial score (nSPS) is 9.81. The third-order valence-corrected chi connectivity index (χ3v) is 1.80. The van der Waals surface area contributed by atoms with Gasteiger partial charge in [0.2, 0.25) is 5.91 Å². The maximum atomic E-state index is 11.4. The van der Waals surface area contributed by atoms with Crippen molar-refractivity contribution in [2.24, 2.45) is 12.8 Å². The maximum Gasteiger partial charge on any atom is 0.331 e. The lowest BCUT2D eigenvalue weighted by Crippen LogP contribution is -2.44. The van der Waals surface area contributed by atoms with Crippen LogP contribution in [0.3, 0.4) is 0 Å². The first kappa shape index (κ1) is 11.7. The molecule has 3 amide bonds. The smallest absolute Gasteiger partial charge is 0.331 e. The number of aromatic nitrogens is 2. The number of primary amides is 1. The molecule has 1 rings (SSSR count). The number of nitrogens with one attached hydrogen (secondary N) is 1. The van der Waals surface area contributed by atoms with Crippen LogP contribution in [0, 0.1) is 0 Å². The predicted octanol–water partition coefficient (Wildman–Crippen LogP) is -2.26. The zero-order valence-electron chi connectivity index (χ0n) is 8.47. The molecule has 16 heavy (non-hydrogen) atoms. The van der Waals surface area contributed by atoms with Crippen LogP contribution < -0.4 is 22.3 Å². The number of imide groups is 1. The fourth-order valence-corrected chi connectivity index (χ4v) is 1.08. The average Bonchev–Trinajstić information content (AvgIpc) is 2.17. The molecule has 0 bridgehead atoms. The number of nitrogens with zero attached hydrogens (tertiary/aromatic N) is 2. The van der Waals surface area contributed by atoms with Crippen molar-refractivity contribution in [3.8, 4) is 0 Å². The van der Waals surface area contributed by atoms with E-state index in [2.05, 4.69) is 0 Å². The van der Waals surface area contributed by atoms with Crippen molar-refractivity contribution in [1.82, 2.24) is 14.5 Å².